The van der Waals surface area contributed by atoms with Crippen LogP contribution in [0.5, 0.6) is 5.75 Å². The second-order valence-corrected chi connectivity index (χ2v) is 7.23. The zero-order chi connectivity index (χ0) is 22.1. The Hall–Kier alpha value is -3.11. The van der Waals surface area contributed by atoms with Crippen LogP contribution in [0, 0.1) is 6.92 Å². The van der Waals surface area contributed by atoms with Crippen LogP contribution in [0.2, 0.25) is 0 Å². The van der Waals surface area contributed by atoms with Crippen LogP contribution in [-0.2, 0) is 9.53 Å². The number of benzene rings is 1. The van der Waals surface area contributed by atoms with Gasteiger partial charge in [0.25, 0.3) is 0 Å². The number of anilines is 2. The Morgan fingerprint density at radius 2 is 2.00 bits per heavy atom. The van der Waals surface area contributed by atoms with E-state index < -0.39 is 0 Å². The molecule has 1 fully saturated rings. The van der Waals surface area contributed by atoms with Crippen molar-refractivity contribution in [1.29, 1.82) is 0 Å². The van der Waals surface area contributed by atoms with Crippen molar-refractivity contribution in [2.24, 2.45) is 0 Å². The molecule has 31 heavy (non-hydrogen) atoms. The number of aromatic nitrogens is 1. The molecule has 1 aromatic heterocycles. The van der Waals surface area contributed by atoms with Crippen molar-refractivity contribution in [3.63, 3.8) is 0 Å². The lowest BCUT2D eigenvalue weighted by Crippen LogP contribution is -2.43. The monoisotopic (exact) mass is 431 g/mol. The summed E-state index contributed by atoms with van der Waals surface area (Å²) in [5.41, 5.74) is 0.542. The number of para-hydroxylation sites is 2. The molecule has 2 N–H and O–H groups in total. The number of nitrogens with one attached hydrogen (secondary N) is 2. The highest BCUT2D eigenvalue weighted by molar-refractivity contribution is 5.97. The van der Waals surface area contributed by atoms with Gasteiger partial charge in [-0.1, -0.05) is 17.3 Å². The molecule has 0 spiro atoms. The minimum absolute atomic E-state index is 0.115. The molecule has 0 unspecified atom stereocenters. The molecule has 0 atom stereocenters. The summed E-state index contributed by atoms with van der Waals surface area (Å²) < 4.78 is 15.6. The van der Waals surface area contributed by atoms with E-state index in [-0.39, 0.29) is 18.5 Å². The summed E-state index contributed by atoms with van der Waals surface area (Å²) in [6, 6.07) is 8.38. The average molecular weight is 431 g/mol. The number of ether oxygens (including phenoxy) is 2. The van der Waals surface area contributed by atoms with Crippen LogP contribution in [0.15, 0.2) is 34.9 Å². The van der Waals surface area contributed by atoms with Gasteiger partial charge in [-0.2, -0.15) is 0 Å². The van der Waals surface area contributed by atoms with Gasteiger partial charge in [-0.05, 0) is 25.5 Å². The minimum atomic E-state index is -0.377. The standard InChI is InChI=1S/C21H29N5O5/c1-16-14-19(24-31-16)23-20(27)15-26(9-5-8-25-10-12-30-13-11-25)21(28)22-17-6-3-4-7-18(17)29-2/h3-4,6-7,14H,5,8-13,15H2,1-2H3,(H,22,28)(H,23,24,27). The predicted octanol–water partition coefficient (Wildman–Crippen LogP) is 2.19. The second kappa shape index (κ2) is 11.3. The lowest BCUT2D eigenvalue weighted by Gasteiger charge is -2.28. The van der Waals surface area contributed by atoms with Crippen molar-refractivity contribution >= 4 is 23.4 Å². The van der Waals surface area contributed by atoms with E-state index >= 15 is 0 Å². The molecule has 1 aliphatic rings. The summed E-state index contributed by atoms with van der Waals surface area (Å²) in [7, 11) is 1.54. The van der Waals surface area contributed by atoms with Crippen LogP contribution in [0.4, 0.5) is 16.3 Å². The molecule has 10 nitrogen and oxygen atoms in total. The smallest absolute Gasteiger partial charge is 0.322 e. The Bertz CT molecular complexity index is 865. The quantitative estimate of drug-likeness (QED) is 0.626. The van der Waals surface area contributed by atoms with E-state index in [1.807, 2.05) is 6.07 Å². The van der Waals surface area contributed by atoms with Crippen LogP contribution in [0.1, 0.15) is 12.2 Å². The number of nitrogens with zero attached hydrogens (tertiary/aromatic N) is 3. The van der Waals surface area contributed by atoms with E-state index in [1.165, 1.54) is 4.90 Å². The summed E-state index contributed by atoms with van der Waals surface area (Å²) in [4.78, 5) is 29.2. The zero-order valence-electron chi connectivity index (χ0n) is 17.9. The molecular formula is C21H29N5O5. The van der Waals surface area contributed by atoms with E-state index in [0.717, 1.165) is 39.3 Å². The van der Waals surface area contributed by atoms with Crippen LogP contribution in [0.3, 0.4) is 0 Å². The van der Waals surface area contributed by atoms with Crippen LogP contribution >= 0.6 is 0 Å². The number of rotatable bonds is 9. The first-order valence-corrected chi connectivity index (χ1v) is 10.3. The van der Waals surface area contributed by atoms with E-state index in [0.29, 0.717) is 29.6 Å². The molecular weight excluding hydrogens is 402 g/mol. The van der Waals surface area contributed by atoms with E-state index in [1.54, 1.807) is 38.3 Å². The number of amides is 3. The van der Waals surface area contributed by atoms with Gasteiger partial charge in [0.15, 0.2) is 5.82 Å². The first-order valence-electron chi connectivity index (χ1n) is 10.3. The summed E-state index contributed by atoms with van der Waals surface area (Å²) in [6.07, 6.45) is 0.732. The number of aryl methyl sites for hydroxylation is 1. The van der Waals surface area contributed by atoms with E-state index in [4.69, 9.17) is 14.0 Å². The van der Waals surface area contributed by atoms with Crippen molar-refractivity contribution in [2.45, 2.75) is 13.3 Å². The molecule has 1 aliphatic heterocycles. The Morgan fingerprint density at radius 1 is 1.23 bits per heavy atom. The molecule has 1 aromatic carbocycles. The van der Waals surface area contributed by atoms with E-state index in [9.17, 15) is 9.59 Å². The maximum atomic E-state index is 13.0. The Balaban J connectivity index is 1.61. The van der Waals surface area contributed by atoms with E-state index in [2.05, 4.69) is 20.7 Å². The van der Waals surface area contributed by atoms with Gasteiger partial charge in [0.05, 0.1) is 26.0 Å². The third-order valence-corrected chi connectivity index (χ3v) is 4.87. The number of urea groups is 1. The third kappa shape index (κ3) is 6.97. The first kappa shape index (κ1) is 22.6. The molecule has 0 aliphatic carbocycles. The number of methoxy groups -OCH3 is 1. The van der Waals surface area contributed by atoms with Crippen molar-refractivity contribution in [2.75, 3.05) is 63.7 Å². The van der Waals surface area contributed by atoms with Crippen molar-refractivity contribution in [3.05, 3.63) is 36.1 Å². The molecule has 2 aromatic rings. The maximum absolute atomic E-state index is 13.0. The summed E-state index contributed by atoms with van der Waals surface area (Å²) in [5.74, 6) is 1.11. The van der Waals surface area contributed by atoms with Crippen molar-refractivity contribution < 1.29 is 23.6 Å². The average Bonchev–Trinajstić information content (AvgIpc) is 3.18. The third-order valence-electron chi connectivity index (χ3n) is 4.87. The normalized spacial score (nSPS) is 14.1. The van der Waals surface area contributed by atoms with Gasteiger partial charge in [-0.25, -0.2) is 4.79 Å². The van der Waals surface area contributed by atoms with Crippen LogP contribution in [-0.4, -0.2) is 79.9 Å². The highest BCUT2D eigenvalue weighted by Crippen LogP contribution is 2.23. The zero-order valence-corrected chi connectivity index (χ0v) is 17.9. The lowest BCUT2D eigenvalue weighted by atomic mass is 10.3. The number of carbonyl (C=O) groups is 2. The van der Waals surface area contributed by atoms with Crippen molar-refractivity contribution in [1.82, 2.24) is 15.0 Å². The molecule has 0 saturated carbocycles. The number of morpholine rings is 1. The molecule has 1 saturated heterocycles. The number of hydrogen-bond acceptors (Lipinski definition) is 7. The van der Waals surface area contributed by atoms with Gasteiger partial charge in [-0.15, -0.1) is 0 Å². The molecule has 2 heterocycles. The van der Waals surface area contributed by atoms with Gasteiger partial charge in [-0.3, -0.25) is 9.69 Å². The fourth-order valence-electron chi connectivity index (χ4n) is 3.29. The Labute approximate surface area is 181 Å². The summed E-state index contributed by atoms with van der Waals surface area (Å²) in [6.45, 7) is 6.06. The van der Waals surface area contributed by atoms with Gasteiger partial charge in [0.2, 0.25) is 5.91 Å². The Morgan fingerprint density at radius 3 is 2.71 bits per heavy atom. The molecule has 0 radical (unpaired) electrons. The fraction of sp³-hybridized carbons (Fsp3) is 0.476. The van der Waals surface area contributed by atoms with Crippen LogP contribution in [0.25, 0.3) is 0 Å². The Kier molecular flexibility index (Phi) is 8.25. The summed E-state index contributed by atoms with van der Waals surface area (Å²) in [5, 5.41) is 9.26. The maximum Gasteiger partial charge on any atom is 0.322 e. The largest absolute Gasteiger partial charge is 0.495 e. The van der Waals surface area contributed by atoms with Crippen LogP contribution < -0.4 is 15.4 Å². The molecule has 0 bridgehead atoms. The lowest BCUT2D eigenvalue weighted by molar-refractivity contribution is -0.116. The number of carbonyl (C=O) groups excluding carboxylic acids is 2. The molecule has 10 heteroatoms. The number of hydrogen-bond donors (Lipinski definition) is 2. The molecule has 3 amide bonds. The van der Waals surface area contributed by atoms with Gasteiger partial charge < -0.3 is 29.5 Å². The summed E-state index contributed by atoms with van der Waals surface area (Å²) >= 11 is 0. The second-order valence-electron chi connectivity index (χ2n) is 7.23. The first-order chi connectivity index (χ1) is 15.0. The molecule has 168 valence electrons. The highest BCUT2D eigenvalue weighted by atomic mass is 16.5. The van der Waals surface area contributed by atoms with Gasteiger partial charge in [0, 0.05) is 32.2 Å². The SMILES string of the molecule is COc1ccccc1NC(=O)N(CCCN1CCOCC1)CC(=O)Nc1cc(C)on1. The minimum Gasteiger partial charge on any atom is -0.495 e. The van der Waals surface area contributed by atoms with Gasteiger partial charge in [0.1, 0.15) is 18.1 Å². The fourth-order valence-corrected chi connectivity index (χ4v) is 3.29. The van der Waals surface area contributed by atoms with Crippen molar-refractivity contribution in [3.8, 4) is 5.75 Å². The molecule has 3 rings (SSSR count). The van der Waals surface area contributed by atoms with Gasteiger partial charge >= 0.3 is 6.03 Å². The topological polar surface area (TPSA) is 109 Å². The predicted molar refractivity (Wildman–Crippen MR) is 115 cm³/mol. The highest BCUT2D eigenvalue weighted by Gasteiger charge is 2.20.